The van der Waals surface area contributed by atoms with Gasteiger partial charge in [-0.2, -0.15) is 4.72 Å². The van der Waals surface area contributed by atoms with E-state index in [1.54, 1.807) is 32.2 Å². The van der Waals surface area contributed by atoms with E-state index in [0.717, 1.165) is 11.1 Å². The Labute approximate surface area is 212 Å². The second-order valence-corrected chi connectivity index (χ2v) is 10.1. The minimum Gasteiger partial charge on any atom is -0.496 e. The Morgan fingerprint density at radius 2 is 1.50 bits per heavy atom. The summed E-state index contributed by atoms with van der Waals surface area (Å²) in [5, 5.41) is 2.93. The molecule has 0 aliphatic heterocycles. The number of rotatable bonds is 11. The molecule has 0 aliphatic rings. The predicted molar refractivity (Wildman–Crippen MR) is 138 cm³/mol. The van der Waals surface area contributed by atoms with Crippen LogP contribution in [0.2, 0.25) is 0 Å². The quantitative estimate of drug-likeness (QED) is 0.405. The van der Waals surface area contributed by atoms with Crippen molar-refractivity contribution in [2.24, 2.45) is 0 Å². The van der Waals surface area contributed by atoms with Crippen molar-refractivity contribution in [1.29, 1.82) is 0 Å². The van der Waals surface area contributed by atoms with Crippen LogP contribution in [0.3, 0.4) is 0 Å². The first kappa shape index (κ1) is 27.0. The lowest BCUT2D eigenvalue weighted by Gasteiger charge is -2.22. The fraction of sp³-hybridized carbons (Fsp3) is 0.296. The highest BCUT2D eigenvalue weighted by molar-refractivity contribution is 7.89. The van der Waals surface area contributed by atoms with E-state index >= 15 is 0 Å². The summed E-state index contributed by atoms with van der Waals surface area (Å²) in [6, 6.07) is 17.7. The number of carbonyl (C=O) groups excluding carboxylic acids is 1. The highest BCUT2D eigenvalue weighted by Crippen LogP contribution is 2.30. The van der Waals surface area contributed by atoms with Crippen LogP contribution >= 0.6 is 0 Å². The summed E-state index contributed by atoms with van der Waals surface area (Å²) in [5.41, 5.74) is 2.28. The highest BCUT2D eigenvalue weighted by atomic mass is 32.2. The molecule has 2 N–H and O–H groups in total. The van der Waals surface area contributed by atoms with Gasteiger partial charge in [-0.1, -0.05) is 36.4 Å². The molecule has 3 aromatic rings. The van der Waals surface area contributed by atoms with Gasteiger partial charge in [-0.25, -0.2) is 8.42 Å². The maximum absolute atomic E-state index is 13.4. The Bertz CT molecular complexity index is 1290. The lowest BCUT2D eigenvalue weighted by molar-refractivity contribution is -0.123. The third-order valence-electron chi connectivity index (χ3n) is 5.84. The zero-order valence-electron chi connectivity index (χ0n) is 21.1. The molecule has 0 spiro atoms. The third kappa shape index (κ3) is 6.56. The van der Waals surface area contributed by atoms with Crippen molar-refractivity contribution in [1.82, 2.24) is 10.0 Å². The number of methoxy groups -OCH3 is 3. The van der Waals surface area contributed by atoms with Crippen molar-refractivity contribution >= 4 is 15.9 Å². The first-order chi connectivity index (χ1) is 17.2. The van der Waals surface area contributed by atoms with Crippen molar-refractivity contribution in [3.8, 4) is 17.2 Å². The zero-order chi connectivity index (χ0) is 26.3. The molecule has 0 aliphatic carbocycles. The van der Waals surface area contributed by atoms with Gasteiger partial charge in [0.1, 0.15) is 11.8 Å². The standard InChI is InChI=1S/C27H32N2O6S/c1-18-15-22(12-14-24(18)33-3)36(31,32)29-23(16-20-9-7-6-8-10-20)27(30)28-19(2)21-11-13-25(34-4)26(17-21)35-5/h6-15,17,19,23,29H,16H2,1-5H3,(H,28,30)/t19-,23+/m1/s1. The molecule has 0 saturated heterocycles. The van der Waals surface area contributed by atoms with Crippen molar-refractivity contribution in [3.05, 3.63) is 83.4 Å². The Morgan fingerprint density at radius 3 is 2.11 bits per heavy atom. The number of amides is 1. The molecule has 8 nitrogen and oxygen atoms in total. The molecule has 9 heteroatoms. The molecule has 3 aromatic carbocycles. The van der Waals surface area contributed by atoms with Gasteiger partial charge in [0.15, 0.2) is 11.5 Å². The lowest BCUT2D eigenvalue weighted by atomic mass is 10.0. The van der Waals surface area contributed by atoms with Gasteiger partial charge < -0.3 is 19.5 Å². The van der Waals surface area contributed by atoms with E-state index in [-0.39, 0.29) is 11.3 Å². The first-order valence-corrected chi connectivity index (χ1v) is 12.9. The van der Waals surface area contributed by atoms with Crippen LogP contribution in [0.25, 0.3) is 0 Å². The van der Waals surface area contributed by atoms with Gasteiger partial charge in [0.25, 0.3) is 0 Å². The third-order valence-corrected chi connectivity index (χ3v) is 7.31. The van der Waals surface area contributed by atoms with E-state index in [1.165, 1.54) is 26.4 Å². The minimum absolute atomic E-state index is 0.0552. The molecular weight excluding hydrogens is 480 g/mol. The van der Waals surface area contributed by atoms with E-state index in [4.69, 9.17) is 14.2 Å². The van der Waals surface area contributed by atoms with Crippen LogP contribution in [0.4, 0.5) is 0 Å². The van der Waals surface area contributed by atoms with Crippen molar-refractivity contribution < 1.29 is 27.4 Å². The summed E-state index contributed by atoms with van der Waals surface area (Å²) in [6.45, 7) is 3.58. The van der Waals surface area contributed by atoms with Crippen molar-refractivity contribution in [2.75, 3.05) is 21.3 Å². The molecule has 0 fully saturated rings. The summed E-state index contributed by atoms with van der Waals surface area (Å²) in [6.07, 6.45) is 0.180. The second kappa shape index (κ2) is 11.9. The summed E-state index contributed by atoms with van der Waals surface area (Å²) in [4.78, 5) is 13.4. The predicted octanol–water partition coefficient (Wildman–Crippen LogP) is 3.79. The van der Waals surface area contributed by atoms with Gasteiger partial charge in [-0.3, -0.25) is 4.79 Å². The smallest absolute Gasteiger partial charge is 0.241 e. The number of hydrogen-bond donors (Lipinski definition) is 2. The summed E-state index contributed by atoms with van der Waals surface area (Å²) >= 11 is 0. The molecular formula is C27H32N2O6S. The summed E-state index contributed by atoms with van der Waals surface area (Å²) < 4.78 is 44.9. The number of carbonyl (C=O) groups is 1. The van der Waals surface area contributed by atoms with Crippen LogP contribution in [0.15, 0.2) is 71.6 Å². The number of aryl methyl sites for hydroxylation is 1. The Hall–Kier alpha value is -3.56. The maximum Gasteiger partial charge on any atom is 0.241 e. The van der Waals surface area contributed by atoms with Crippen LogP contribution < -0.4 is 24.2 Å². The zero-order valence-corrected chi connectivity index (χ0v) is 21.9. The number of nitrogens with one attached hydrogen (secondary N) is 2. The Balaban J connectivity index is 1.86. The van der Waals surface area contributed by atoms with Gasteiger partial charge in [0.05, 0.1) is 32.3 Å². The van der Waals surface area contributed by atoms with Gasteiger partial charge >= 0.3 is 0 Å². The van der Waals surface area contributed by atoms with Gasteiger partial charge in [-0.05, 0) is 67.3 Å². The topological polar surface area (TPSA) is 103 Å². The normalized spacial score (nSPS) is 12.9. The number of hydrogen-bond acceptors (Lipinski definition) is 6. The van der Waals surface area contributed by atoms with Gasteiger partial charge in [-0.15, -0.1) is 0 Å². The van der Waals surface area contributed by atoms with Gasteiger partial charge in [0.2, 0.25) is 15.9 Å². The van der Waals surface area contributed by atoms with Crippen molar-refractivity contribution in [3.63, 3.8) is 0 Å². The van der Waals surface area contributed by atoms with Crippen LogP contribution in [-0.4, -0.2) is 41.7 Å². The molecule has 0 aromatic heterocycles. The molecule has 0 heterocycles. The molecule has 36 heavy (non-hydrogen) atoms. The highest BCUT2D eigenvalue weighted by Gasteiger charge is 2.28. The van der Waals surface area contributed by atoms with Crippen molar-refractivity contribution in [2.45, 2.75) is 37.2 Å². The minimum atomic E-state index is -4.00. The van der Waals surface area contributed by atoms with Gasteiger partial charge in [0, 0.05) is 0 Å². The molecule has 0 unspecified atom stereocenters. The SMILES string of the molecule is COc1ccc(S(=O)(=O)N[C@@H](Cc2ccccc2)C(=O)N[C@H](C)c2ccc(OC)c(OC)c2)cc1C. The van der Waals surface area contributed by atoms with Crippen LogP contribution in [0, 0.1) is 6.92 Å². The second-order valence-electron chi connectivity index (χ2n) is 8.34. The van der Waals surface area contributed by atoms with Crippen LogP contribution in [0.5, 0.6) is 17.2 Å². The molecule has 0 saturated carbocycles. The number of ether oxygens (including phenoxy) is 3. The number of benzene rings is 3. The molecule has 0 bridgehead atoms. The lowest BCUT2D eigenvalue weighted by Crippen LogP contribution is -2.48. The van der Waals surface area contributed by atoms with E-state index in [1.807, 2.05) is 43.3 Å². The number of sulfonamides is 1. The first-order valence-electron chi connectivity index (χ1n) is 11.4. The van der Waals surface area contributed by atoms with E-state index in [0.29, 0.717) is 22.8 Å². The Kier molecular flexibility index (Phi) is 8.95. The van der Waals surface area contributed by atoms with Crippen LogP contribution in [0.1, 0.15) is 29.7 Å². The molecule has 192 valence electrons. The summed E-state index contributed by atoms with van der Waals surface area (Å²) in [7, 11) is 0.614. The Morgan fingerprint density at radius 1 is 0.861 bits per heavy atom. The molecule has 3 rings (SSSR count). The van der Waals surface area contributed by atoms with E-state index in [9.17, 15) is 13.2 Å². The summed E-state index contributed by atoms with van der Waals surface area (Å²) in [5.74, 6) is 1.24. The largest absolute Gasteiger partial charge is 0.496 e. The average Bonchev–Trinajstić information content (AvgIpc) is 2.88. The molecule has 2 atom stereocenters. The van der Waals surface area contributed by atoms with E-state index < -0.39 is 28.0 Å². The molecule has 0 radical (unpaired) electrons. The average molecular weight is 513 g/mol. The fourth-order valence-corrected chi connectivity index (χ4v) is 5.11. The van der Waals surface area contributed by atoms with E-state index in [2.05, 4.69) is 10.0 Å². The monoisotopic (exact) mass is 512 g/mol. The van der Waals surface area contributed by atoms with Crippen LogP contribution in [-0.2, 0) is 21.2 Å². The fourth-order valence-electron chi connectivity index (χ4n) is 3.83. The maximum atomic E-state index is 13.4. The molecule has 1 amide bonds.